The van der Waals surface area contributed by atoms with E-state index in [4.69, 9.17) is 4.74 Å². The van der Waals surface area contributed by atoms with Gasteiger partial charge in [0.15, 0.2) is 0 Å². The van der Waals surface area contributed by atoms with E-state index in [0.717, 1.165) is 32.2 Å². The van der Waals surface area contributed by atoms with Gasteiger partial charge in [0, 0.05) is 19.6 Å². The van der Waals surface area contributed by atoms with Gasteiger partial charge in [-0.25, -0.2) is 0 Å². The zero-order chi connectivity index (χ0) is 9.64. The van der Waals surface area contributed by atoms with Gasteiger partial charge in [-0.2, -0.15) is 0 Å². The minimum atomic E-state index is 0.909. The number of nitrogens with zero attached hydrogens (tertiary/aromatic N) is 1. The normalized spacial score (nSPS) is 26.6. The highest BCUT2D eigenvalue weighted by Gasteiger charge is 2.16. The molecule has 1 radical (unpaired) electrons. The van der Waals surface area contributed by atoms with Crippen LogP contribution in [0.4, 0.5) is 0 Å². The summed E-state index contributed by atoms with van der Waals surface area (Å²) < 4.78 is 5.34. The van der Waals surface area contributed by atoms with Crippen LogP contribution in [0.2, 0.25) is 0 Å². The second-order valence-electron chi connectivity index (χ2n) is 4.55. The number of hydrogen-bond acceptors (Lipinski definition) is 2. The van der Waals surface area contributed by atoms with E-state index in [0.29, 0.717) is 0 Å². The molecule has 1 saturated heterocycles. The zero-order valence-corrected chi connectivity index (χ0v) is 9.08. The van der Waals surface area contributed by atoms with Crippen LogP contribution in [-0.2, 0) is 4.74 Å². The highest BCUT2D eigenvalue weighted by Crippen LogP contribution is 2.25. The number of morpholine rings is 1. The van der Waals surface area contributed by atoms with E-state index < -0.39 is 0 Å². The van der Waals surface area contributed by atoms with Gasteiger partial charge in [0.25, 0.3) is 0 Å². The Morgan fingerprint density at radius 1 is 1.07 bits per heavy atom. The lowest BCUT2D eigenvalue weighted by molar-refractivity contribution is 0.0404. The maximum Gasteiger partial charge on any atom is 0.0594 e. The van der Waals surface area contributed by atoms with E-state index in [-0.39, 0.29) is 0 Å². The SMILES string of the molecule is [CH](CN1CCOCC1)C1CCCCC1. The van der Waals surface area contributed by atoms with Crippen molar-refractivity contribution >= 4 is 0 Å². The highest BCUT2D eigenvalue weighted by atomic mass is 16.5. The minimum Gasteiger partial charge on any atom is -0.379 e. The summed E-state index contributed by atoms with van der Waals surface area (Å²) >= 11 is 0. The van der Waals surface area contributed by atoms with Crippen molar-refractivity contribution in [2.24, 2.45) is 5.92 Å². The van der Waals surface area contributed by atoms with E-state index in [1.165, 1.54) is 38.6 Å². The first-order valence-electron chi connectivity index (χ1n) is 6.08. The number of rotatable bonds is 3. The predicted octanol–water partition coefficient (Wildman–Crippen LogP) is 2.10. The third-order valence-corrected chi connectivity index (χ3v) is 3.45. The van der Waals surface area contributed by atoms with Gasteiger partial charge in [0.1, 0.15) is 0 Å². The fourth-order valence-electron chi connectivity index (χ4n) is 2.45. The summed E-state index contributed by atoms with van der Waals surface area (Å²) in [7, 11) is 0. The van der Waals surface area contributed by atoms with Crippen molar-refractivity contribution in [3.8, 4) is 0 Å². The summed E-state index contributed by atoms with van der Waals surface area (Å²) in [5.41, 5.74) is 0. The van der Waals surface area contributed by atoms with Crippen LogP contribution in [0.15, 0.2) is 0 Å². The van der Waals surface area contributed by atoms with E-state index in [1.807, 2.05) is 0 Å². The largest absolute Gasteiger partial charge is 0.379 e. The number of hydrogen-bond donors (Lipinski definition) is 0. The molecule has 81 valence electrons. The fourth-order valence-corrected chi connectivity index (χ4v) is 2.45. The van der Waals surface area contributed by atoms with Crippen LogP contribution in [0.3, 0.4) is 0 Å². The lowest BCUT2D eigenvalue weighted by Crippen LogP contribution is -2.37. The molecular formula is C12H22NO. The summed E-state index contributed by atoms with van der Waals surface area (Å²) in [6.07, 6.45) is 9.77. The van der Waals surface area contributed by atoms with E-state index in [9.17, 15) is 0 Å². The Balaban J connectivity index is 1.60. The molecule has 0 unspecified atom stereocenters. The Hall–Kier alpha value is -0.0800. The molecule has 14 heavy (non-hydrogen) atoms. The number of ether oxygens (including phenoxy) is 1. The summed E-state index contributed by atoms with van der Waals surface area (Å²) in [6, 6.07) is 0. The van der Waals surface area contributed by atoms with Gasteiger partial charge in [0.2, 0.25) is 0 Å². The van der Waals surface area contributed by atoms with Gasteiger partial charge < -0.3 is 4.74 Å². The molecule has 0 aromatic rings. The van der Waals surface area contributed by atoms with E-state index in [2.05, 4.69) is 11.3 Å². The van der Waals surface area contributed by atoms with Gasteiger partial charge in [-0.15, -0.1) is 0 Å². The maximum atomic E-state index is 5.34. The topological polar surface area (TPSA) is 12.5 Å². The molecule has 0 atom stereocenters. The Labute approximate surface area is 87.6 Å². The van der Waals surface area contributed by atoms with Crippen molar-refractivity contribution in [1.29, 1.82) is 0 Å². The van der Waals surface area contributed by atoms with Crippen molar-refractivity contribution in [1.82, 2.24) is 4.90 Å². The van der Waals surface area contributed by atoms with Crippen LogP contribution in [0.25, 0.3) is 0 Å². The smallest absolute Gasteiger partial charge is 0.0594 e. The fraction of sp³-hybridized carbons (Fsp3) is 0.917. The Morgan fingerprint density at radius 2 is 1.79 bits per heavy atom. The molecule has 0 spiro atoms. The average molecular weight is 196 g/mol. The summed E-state index contributed by atoms with van der Waals surface area (Å²) in [5.74, 6) is 0.909. The van der Waals surface area contributed by atoms with Gasteiger partial charge in [-0.05, 0) is 12.3 Å². The molecule has 1 aliphatic carbocycles. The van der Waals surface area contributed by atoms with Crippen molar-refractivity contribution in [3.63, 3.8) is 0 Å². The first-order chi connectivity index (χ1) is 6.95. The first kappa shape index (κ1) is 10.4. The summed E-state index contributed by atoms with van der Waals surface area (Å²) in [6.45, 7) is 5.30. The van der Waals surface area contributed by atoms with Gasteiger partial charge >= 0.3 is 0 Å². The van der Waals surface area contributed by atoms with Crippen LogP contribution >= 0.6 is 0 Å². The predicted molar refractivity (Wildman–Crippen MR) is 58.1 cm³/mol. The van der Waals surface area contributed by atoms with Gasteiger partial charge in [0.05, 0.1) is 13.2 Å². The van der Waals surface area contributed by atoms with Crippen LogP contribution in [0.5, 0.6) is 0 Å². The molecule has 0 amide bonds. The molecule has 2 nitrogen and oxygen atoms in total. The molecule has 2 heteroatoms. The molecule has 0 aromatic carbocycles. The maximum absolute atomic E-state index is 5.34. The van der Waals surface area contributed by atoms with Gasteiger partial charge in [-0.1, -0.05) is 32.1 Å². The van der Waals surface area contributed by atoms with Crippen LogP contribution < -0.4 is 0 Å². The average Bonchev–Trinajstić information content (AvgIpc) is 2.29. The molecule has 2 aliphatic rings. The van der Waals surface area contributed by atoms with Crippen molar-refractivity contribution in [3.05, 3.63) is 6.42 Å². The zero-order valence-electron chi connectivity index (χ0n) is 9.08. The Bertz CT molecular complexity index is 130. The summed E-state index contributed by atoms with van der Waals surface area (Å²) in [5, 5.41) is 0. The van der Waals surface area contributed by atoms with Crippen LogP contribution in [0, 0.1) is 12.3 Å². The molecule has 2 rings (SSSR count). The van der Waals surface area contributed by atoms with Gasteiger partial charge in [-0.3, -0.25) is 4.90 Å². The lowest BCUT2D eigenvalue weighted by atomic mass is 9.87. The molecule has 2 fully saturated rings. The standard InChI is InChI=1S/C12H22NO/c1-2-4-12(5-3-1)6-7-13-8-10-14-11-9-13/h6,12H,1-5,7-11H2. The monoisotopic (exact) mass is 196 g/mol. The second-order valence-corrected chi connectivity index (χ2v) is 4.55. The third kappa shape index (κ3) is 3.25. The molecule has 1 saturated carbocycles. The van der Waals surface area contributed by atoms with Crippen LogP contribution in [0.1, 0.15) is 32.1 Å². The molecular weight excluding hydrogens is 174 g/mol. The lowest BCUT2D eigenvalue weighted by Gasteiger charge is -2.29. The quantitative estimate of drug-likeness (QED) is 0.685. The van der Waals surface area contributed by atoms with E-state index >= 15 is 0 Å². The van der Waals surface area contributed by atoms with Crippen molar-refractivity contribution in [2.45, 2.75) is 32.1 Å². The molecule has 1 heterocycles. The molecule has 0 aromatic heterocycles. The highest BCUT2D eigenvalue weighted by molar-refractivity contribution is 4.82. The first-order valence-corrected chi connectivity index (χ1v) is 6.08. The molecule has 0 N–H and O–H groups in total. The minimum absolute atomic E-state index is 0.909. The van der Waals surface area contributed by atoms with Crippen molar-refractivity contribution < 1.29 is 4.74 Å². The van der Waals surface area contributed by atoms with Crippen LogP contribution in [-0.4, -0.2) is 37.7 Å². The van der Waals surface area contributed by atoms with Crippen molar-refractivity contribution in [2.75, 3.05) is 32.8 Å². The van der Waals surface area contributed by atoms with E-state index in [1.54, 1.807) is 0 Å². The Morgan fingerprint density at radius 3 is 2.50 bits per heavy atom. The third-order valence-electron chi connectivity index (χ3n) is 3.45. The molecule has 0 bridgehead atoms. The molecule has 1 aliphatic heterocycles. The summed E-state index contributed by atoms with van der Waals surface area (Å²) in [4.78, 5) is 2.51. The Kier molecular flexibility index (Phi) is 4.26. The second kappa shape index (κ2) is 5.72.